The standard InChI is InChI=1S/C14H26N2O/c1-9-3-6-12(7-10(9)2)16-14(17)8-13(15)11-4-5-11/h9-13H,3-8,15H2,1-2H3,(H,16,17). The Morgan fingerprint density at radius 1 is 1.24 bits per heavy atom. The lowest BCUT2D eigenvalue weighted by molar-refractivity contribution is -0.122. The van der Waals surface area contributed by atoms with Crippen LogP contribution in [0.2, 0.25) is 0 Å². The van der Waals surface area contributed by atoms with Gasteiger partial charge in [-0.3, -0.25) is 4.79 Å². The molecule has 2 fully saturated rings. The number of carbonyl (C=O) groups excluding carboxylic acids is 1. The molecule has 0 saturated heterocycles. The largest absolute Gasteiger partial charge is 0.353 e. The molecule has 4 unspecified atom stereocenters. The van der Waals surface area contributed by atoms with Crippen LogP contribution in [0.1, 0.15) is 52.4 Å². The van der Waals surface area contributed by atoms with E-state index in [9.17, 15) is 4.79 Å². The molecule has 4 atom stereocenters. The zero-order chi connectivity index (χ0) is 12.4. The first-order valence-electron chi connectivity index (χ1n) is 7.11. The quantitative estimate of drug-likeness (QED) is 0.787. The van der Waals surface area contributed by atoms with Gasteiger partial charge in [-0.05, 0) is 49.9 Å². The summed E-state index contributed by atoms with van der Waals surface area (Å²) in [5.74, 6) is 2.31. The van der Waals surface area contributed by atoms with Crippen LogP contribution in [0.25, 0.3) is 0 Å². The Bertz CT molecular complexity index is 275. The van der Waals surface area contributed by atoms with E-state index in [1.54, 1.807) is 0 Å². The van der Waals surface area contributed by atoms with Gasteiger partial charge in [-0.15, -0.1) is 0 Å². The average Bonchev–Trinajstić information content (AvgIpc) is 3.06. The Hall–Kier alpha value is -0.570. The third-order valence-electron chi connectivity index (χ3n) is 4.61. The van der Waals surface area contributed by atoms with Gasteiger partial charge >= 0.3 is 0 Å². The van der Waals surface area contributed by atoms with E-state index in [4.69, 9.17) is 5.73 Å². The number of hydrogen-bond donors (Lipinski definition) is 2. The van der Waals surface area contributed by atoms with E-state index < -0.39 is 0 Å². The highest BCUT2D eigenvalue weighted by atomic mass is 16.1. The number of rotatable bonds is 4. The van der Waals surface area contributed by atoms with Crippen molar-refractivity contribution in [1.82, 2.24) is 5.32 Å². The summed E-state index contributed by atoms with van der Waals surface area (Å²) < 4.78 is 0. The van der Waals surface area contributed by atoms with Crippen LogP contribution in [0.5, 0.6) is 0 Å². The second-order valence-corrected chi connectivity index (χ2v) is 6.24. The molecule has 0 bridgehead atoms. The predicted octanol–water partition coefficient (Wildman–Crippen LogP) is 2.05. The van der Waals surface area contributed by atoms with Crippen molar-refractivity contribution in [3.8, 4) is 0 Å². The van der Waals surface area contributed by atoms with Gasteiger partial charge in [0, 0.05) is 18.5 Å². The summed E-state index contributed by atoms with van der Waals surface area (Å²) in [6.07, 6.45) is 6.45. The molecule has 2 saturated carbocycles. The molecule has 98 valence electrons. The topological polar surface area (TPSA) is 55.1 Å². The second kappa shape index (κ2) is 5.38. The van der Waals surface area contributed by atoms with E-state index in [2.05, 4.69) is 19.2 Å². The maximum atomic E-state index is 11.9. The van der Waals surface area contributed by atoms with Gasteiger partial charge < -0.3 is 11.1 Å². The molecular weight excluding hydrogens is 212 g/mol. The van der Waals surface area contributed by atoms with Crippen LogP contribution in [-0.2, 0) is 4.79 Å². The van der Waals surface area contributed by atoms with Crippen molar-refractivity contribution in [2.45, 2.75) is 64.5 Å². The van der Waals surface area contributed by atoms with Crippen LogP contribution < -0.4 is 11.1 Å². The maximum absolute atomic E-state index is 11.9. The molecule has 2 aliphatic carbocycles. The minimum atomic E-state index is 0.0925. The van der Waals surface area contributed by atoms with Gasteiger partial charge in [0.25, 0.3) is 0 Å². The third kappa shape index (κ3) is 3.70. The van der Waals surface area contributed by atoms with Gasteiger partial charge in [0.05, 0.1) is 0 Å². The first-order chi connectivity index (χ1) is 8.06. The Balaban J connectivity index is 1.70. The zero-order valence-electron chi connectivity index (χ0n) is 11.1. The molecule has 2 aliphatic rings. The van der Waals surface area contributed by atoms with Crippen molar-refractivity contribution < 1.29 is 4.79 Å². The van der Waals surface area contributed by atoms with Crippen LogP contribution in [-0.4, -0.2) is 18.0 Å². The van der Waals surface area contributed by atoms with Crippen LogP contribution >= 0.6 is 0 Å². The van der Waals surface area contributed by atoms with Crippen molar-refractivity contribution in [3.05, 3.63) is 0 Å². The van der Waals surface area contributed by atoms with Crippen LogP contribution in [0.4, 0.5) is 0 Å². The molecule has 0 spiro atoms. The summed E-state index contributed by atoms with van der Waals surface area (Å²) in [4.78, 5) is 11.9. The lowest BCUT2D eigenvalue weighted by Crippen LogP contribution is -2.42. The summed E-state index contributed by atoms with van der Waals surface area (Å²) in [7, 11) is 0. The fourth-order valence-electron chi connectivity index (χ4n) is 2.87. The molecule has 0 aromatic carbocycles. The SMILES string of the molecule is CC1CCC(NC(=O)CC(N)C2CC2)CC1C. The Kier molecular flexibility index (Phi) is 4.08. The first-order valence-corrected chi connectivity index (χ1v) is 7.11. The molecule has 17 heavy (non-hydrogen) atoms. The molecule has 3 N–H and O–H groups in total. The van der Waals surface area contributed by atoms with E-state index in [0.717, 1.165) is 24.7 Å². The van der Waals surface area contributed by atoms with E-state index in [1.165, 1.54) is 19.3 Å². The molecule has 0 aromatic rings. The minimum absolute atomic E-state index is 0.0925. The molecule has 0 heterocycles. The summed E-state index contributed by atoms with van der Waals surface area (Å²) in [5, 5.41) is 3.16. The molecule has 0 aliphatic heterocycles. The Labute approximate surface area is 105 Å². The van der Waals surface area contributed by atoms with Gasteiger partial charge in [0.2, 0.25) is 5.91 Å². The average molecular weight is 238 g/mol. The highest BCUT2D eigenvalue weighted by molar-refractivity contribution is 5.77. The number of amides is 1. The number of hydrogen-bond acceptors (Lipinski definition) is 2. The Morgan fingerprint density at radius 2 is 1.94 bits per heavy atom. The zero-order valence-corrected chi connectivity index (χ0v) is 11.1. The summed E-state index contributed by atoms with van der Waals surface area (Å²) in [6, 6.07) is 0.482. The molecular formula is C14H26N2O. The van der Waals surface area contributed by atoms with Crippen LogP contribution in [0.15, 0.2) is 0 Å². The van der Waals surface area contributed by atoms with Crippen molar-refractivity contribution in [3.63, 3.8) is 0 Å². The van der Waals surface area contributed by atoms with E-state index in [-0.39, 0.29) is 11.9 Å². The smallest absolute Gasteiger partial charge is 0.221 e. The van der Waals surface area contributed by atoms with E-state index in [0.29, 0.717) is 18.4 Å². The molecule has 1 amide bonds. The first kappa shape index (κ1) is 12.9. The monoisotopic (exact) mass is 238 g/mol. The lowest BCUT2D eigenvalue weighted by Gasteiger charge is -2.32. The highest BCUT2D eigenvalue weighted by Gasteiger charge is 2.31. The molecule has 3 heteroatoms. The fraction of sp³-hybridized carbons (Fsp3) is 0.929. The lowest BCUT2D eigenvalue weighted by atomic mass is 9.79. The van der Waals surface area contributed by atoms with Crippen LogP contribution in [0.3, 0.4) is 0 Å². The number of carbonyl (C=O) groups is 1. The van der Waals surface area contributed by atoms with Crippen molar-refractivity contribution in [2.75, 3.05) is 0 Å². The van der Waals surface area contributed by atoms with Gasteiger partial charge in [-0.2, -0.15) is 0 Å². The van der Waals surface area contributed by atoms with E-state index in [1.807, 2.05) is 0 Å². The van der Waals surface area contributed by atoms with E-state index >= 15 is 0 Å². The molecule has 0 radical (unpaired) electrons. The highest BCUT2D eigenvalue weighted by Crippen LogP contribution is 2.33. The third-order valence-corrected chi connectivity index (χ3v) is 4.61. The van der Waals surface area contributed by atoms with Crippen LogP contribution in [0, 0.1) is 17.8 Å². The normalized spacial score (nSPS) is 35.4. The summed E-state index contributed by atoms with van der Waals surface area (Å²) in [6.45, 7) is 4.60. The fourth-order valence-corrected chi connectivity index (χ4v) is 2.87. The Morgan fingerprint density at radius 3 is 2.53 bits per heavy atom. The van der Waals surface area contributed by atoms with Gasteiger partial charge in [-0.25, -0.2) is 0 Å². The number of nitrogens with two attached hydrogens (primary N) is 1. The molecule has 2 rings (SSSR count). The summed E-state index contributed by atoms with van der Waals surface area (Å²) in [5.41, 5.74) is 5.97. The molecule has 0 aromatic heterocycles. The van der Waals surface area contributed by atoms with Gasteiger partial charge in [0.1, 0.15) is 0 Å². The minimum Gasteiger partial charge on any atom is -0.353 e. The van der Waals surface area contributed by atoms with Crippen molar-refractivity contribution >= 4 is 5.91 Å². The maximum Gasteiger partial charge on any atom is 0.221 e. The van der Waals surface area contributed by atoms with Gasteiger partial charge in [-0.1, -0.05) is 13.8 Å². The second-order valence-electron chi connectivity index (χ2n) is 6.24. The van der Waals surface area contributed by atoms with Gasteiger partial charge in [0.15, 0.2) is 0 Å². The number of nitrogens with one attached hydrogen (secondary N) is 1. The predicted molar refractivity (Wildman–Crippen MR) is 69.4 cm³/mol. The summed E-state index contributed by atoms with van der Waals surface area (Å²) >= 11 is 0. The van der Waals surface area contributed by atoms with Crippen molar-refractivity contribution in [1.29, 1.82) is 0 Å². The van der Waals surface area contributed by atoms with Crippen molar-refractivity contribution in [2.24, 2.45) is 23.5 Å². The molecule has 3 nitrogen and oxygen atoms in total.